The zero-order valence-electron chi connectivity index (χ0n) is 11.5. The average Bonchev–Trinajstić information content (AvgIpc) is 2.46. The minimum Gasteiger partial charge on any atom is -0.388 e. The third kappa shape index (κ3) is 3.55. The van der Waals surface area contributed by atoms with Gasteiger partial charge in [0.1, 0.15) is 5.82 Å². The molecule has 0 amide bonds. The summed E-state index contributed by atoms with van der Waals surface area (Å²) in [6.07, 6.45) is -1.05. The fourth-order valence-electron chi connectivity index (χ4n) is 2.30. The van der Waals surface area contributed by atoms with E-state index in [4.69, 9.17) is 28.9 Å². The van der Waals surface area contributed by atoms with Gasteiger partial charge in [-0.05, 0) is 30.7 Å². The van der Waals surface area contributed by atoms with Crippen LogP contribution in [0.25, 0.3) is 0 Å². The second-order valence-electron chi connectivity index (χ2n) is 4.99. The molecule has 5 heteroatoms. The van der Waals surface area contributed by atoms with Crippen LogP contribution in [0.5, 0.6) is 0 Å². The molecule has 0 saturated carbocycles. The van der Waals surface area contributed by atoms with Gasteiger partial charge in [0.25, 0.3) is 0 Å². The monoisotopic (exact) mass is 327 g/mol. The molecule has 3 N–H and O–H groups in total. The van der Waals surface area contributed by atoms with Crippen LogP contribution >= 0.6 is 23.2 Å². The molecule has 0 spiro atoms. The van der Waals surface area contributed by atoms with Crippen molar-refractivity contribution < 1.29 is 9.50 Å². The Balaban J connectivity index is 2.40. The van der Waals surface area contributed by atoms with Gasteiger partial charge >= 0.3 is 0 Å². The molecular formula is C16H16Cl2FNO. The summed E-state index contributed by atoms with van der Waals surface area (Å²) >= 11 is 11.9. The summed E-state index contributed by atoms with van der Waals surface area (Å²) in [7, 11) is 0. The Morgan fingerprint density at radius 2 is 1.86 bits per heavy atom. The van der Waals surface area contributed by atoms with Crippen LogP contribution in [0, 0.1) is 12.7 Å². The lowest BCUT2D eigenvalue weighted by Gasteiger charge is -2.23. The second kappa shape index (κ2) is 6.75. The number of hydrogen-bond donors (Lipinski definition) is 2. The second-order valence-corrected chi connectivity index (χ2v) is 5.80. The van der Waals surface area contributed by atoms with Crippen molar-refractivity contribution in [2.45, 2.75) is 18.9 Å². The number of hydrogen-bond acceptors (Lipinski definition) is 2. The Hall–Kier alpha value is -1.13. The Morgan fingerprint density at radius 3 is 2.48 bits per heavy atom. The van der Waals surface area contributed by atoms with Crippen LogP contribution in [0.4, 0.5) is 4.39 Å². The van der Waals surface area contributed by atoms with Gasteiger partial charge in [0.05, 0.1) is 16.1 Å². The topological polar surface area (TPSA) is 46.2 Å². The Kier molecular flexibility index (Phi) is 5.22. The molecule has 0 aliphatic carbocycles. The summed E-state index contributed by atoms with van der Waals surface area (Å²) in [6.45, 7) is 2.00. The highest BCUT2D eigenvalue weighted by Gasteiger charge is 2.24. The van der Waals surface area contributed by atoms with Gasteiger partial charge in [-0.25, -0.2) is 4.39 Å². The van der Waals surface area contributed by atoms with E-state index in [2.05, 4.69) is 0 Å². The quantitative estimate of drug-likeness (QED) is 0.883. The molecule has 0 heterocycles. The molecule has 2 nitrogen and oxygen atoms in total. The fourth-order valence-corrected chi connectivity index (χ4v) is 2.60. The number of rotatable bonds is 4. The van der Waals surface area contributed by atoms with Crippen LogP contribution in [0.3, 0.4) is 0 Å². The van der Waals surface area contributed by atoms with Crippen molar-refractivity contribution in [3.8, 4) is 0 Å². The van der Waals surface area contributed by atoms with Crippen molar-refractivity contribution in [2.75, 3.05) is 6.54 Å². The number of aliphatic hydroxyl groups excluding tert-OH is 1. The van der Waals surface area contributed by atoms with Crippen molar-refractivity contribution in [2.24, 2.45) is 5.73 Å². The van der Waals surface area contributed by atoms with E-state index in [0.29, 0.717) is 10.0 Å². The van der Waals surface area contributed by atoms with Gasteiger partial charge in [-0.15, -0.1) is 0 Å². The zero-order valence-corrected chi connectivity index (χ0v) is 13.0. The summed E-state index contributed by atoms with van der Waals surface area (Å²) in [6, 6.07) is 9.65. The first-order valence-electron chi connectivity index (χ1n) is 6.53. The van der Waals surface area contributed by atoms with Crippen molar-refractivity contribution >= 4 is 23.2 Å². The van der Waals surface area contributed by atoms with E-state index >= 15 is 0 Å². The predicted molar refractivity (Wildman–Crippen MR) is 84.4 cm³/mol. The van der Waals surface area contributed by atoms with Crippen LogP contribution in [-0.2, 0) is 0 Å². The van der Waals surface area contributed by atoms with E-state index in [1.165, 1.54) is 6.07 Å². The maximum absolute atomic E-state index is 13.9. The lowest BCUT2D eigenvalue weighted by molar-refractivity contribution is 0.143. The van der Waals surface area contributed by atoms with Crippen LogP contribution in [0.15, 0.2) is 36.4 Å². The van der Waals surface area contributed by atoms with Crippen molar-refractivity contribution in [3.63, 3.8) is 0 Å². The van der Waals surface area contributed by atoms with Gasteiger partial charge in [-0.2, -0.15) is 0 Å². The third-order valence-corrected chi connectivity index (χ3v) is 4.22. The van der Waals surface area contributed by atoms with Gasteiger partial charge in [0.2, 0.25) is 0 Å². The lowest BCUT2D eigenvalue weighted by atomic mass is 9.88. The van der Waals surface area contributed by atoms with Gasteiger partial charge in [0, 0.05) is 18.0 Å². The minimum atomic E-state index is -1.05. The third-order valence-electron chi connectivity index (χ3n) is 3.48. The lowest BCUT2D eigenvalue weighted by Crippen LogP contribution is -2.21. The highest BCUT2D eigenvalue weighted by atomic mass is 35.5. The van der Waals surface area contributed by atoms with E-state index in [1.54, 1.807) is 30.3 Å². The number of benzene rings is 2. The number of aliphatic hydroxyl groups is 1. The molecule has 0 radical (unpaired) electrons. The van der Waals surface area contributed by atoms with E-state index in [0.717, 1.165) is 11.1 Å². The van der Waals surface area contributed by atoms with Crippen molar-refractivity contribution in [3.05, 3.63) is 69.0 Å². The predicted octanol–water partition coefficient (Wildman–Crippen LogP) is 4.22. The smallest absolute Gasteiger partial charge is 0.129 e. The summed E-state index contributed by atoms with van der Waals surface area (Å²) in [5.41, 5.74) is 7.59. The highest BCUT2D eigenvalue weighted by Crippen LogP contribution is 2.34. The molecule has 0 saturated heterocycles. The first-order chi connectivity index (χ1) is 9.93. The summed E-state index contributed by atoms with van der Waals surface area (Å²) in [5.74, 6) is -0.914. The molecule has 112 valence electrons. The Labute approximate surface area is 133 Å². The van der Waals surface area contributed by atoms with Crippen LogP contribution in [0.2, 0.25) is 10.0 Å². The molecule has 0 aliphatic heterocycles. The molecule has 0 fully saturated rings. The summed E-state index contributed by atoms with van der Waals surface area (Å²) in [4.78, 5) is 0. The molecule has 0 aliphatic rings. The summed E-state index contributed by atoms with van der Waals surface area (Å²) < 4.78 is 13.9. The molecule has 2 aromatic rings. The molecule has 2 unspecified atom stereocenters. The number of nitrogens with two attached hydrogens (primary N) is 1. The molecule has 21 heavy (non-hydrogen) atoms. The molecule has 0 bridgehead atoms. The molecule has 2 atom stereocenters. The van der Waals surface area contributed by atoms with Gasteiger partial charge in [-0.1, -0.05) is 47.0 Å². The van der Waals surface area contributed by atoms with Crippen LogP contribution in [0.1, 0.15) is 28.7 Å². The number of halogens is 3. The van der Waals surface area contributed by atoms with Gasteiger partial charge in [0.15, 0.2) is 0 Å². The largest absolute Gasteiger partial charge is 0.388 e. The Bertz CT molecular complexity index is 648. The van der Waals surface area contributed by atoms with Gasteiger partial charge in [-0.3, -0.25) is 0 Å². The highest BCUT2D eigenvalue weighted by molar-refractivity contribution is 6.42. The van der Waals surface area contributed by atoms with Crippen molar-refractivity contribution in [1.82, 2.24) is 0 Å². The first-order valence-corrected chi connectivity index (χ1v) is 7.28. The van der Waals surface area contributed by atoms with Crippen LogP contribution in [-0.4, -0.2) is 11.7 Å². The zero-order chi connectivity index (χ0) is 15.6. The molecular weight excluding hydrogens is 312 g/mol. The fraction of sp³-hybridized carbons (Fsp3) is 0.250. The summed E-state index contributed by atoms with van der Waals surface area (Å²) in [5, 5.41) is 11.3. The van der Waals surface area contributed by atoms with E-state index < -0.39 is 17.8 Å². The maximum atomic E-state index is 13.9. The van der Waals surface area contributed by atoms with Gasteiger partial charge < -0.3 is 10.8 Å². The first kappa shape index (κ1) is 16.2. The standard InChI is InChI=1S/C16H16Cl2FNO/c1-9-2-5-15(19)11(6-9)16(21)12(8-20)10-3-4-13(17)14(18)7-10/h2-7,12,16,21H,8,20H2,1H3. The van der Waals surface area contributed by atoms with Crippen LogP contribution < -0.4 is 5.73 Å². The maximum Gasteiger partial charge on any atom is 0.129 e. The molecule has 2 aromatic carbocycles. The average molecular weight is 328 g/mol. The van der Waals surface area contributed by atoms with E-state index in [-0.39, 0.29) is 12.1 Å². The van der Waals surface area contributed by atoms with E-state index in [9.17, 15) is 9.50 Å². The SMILES string of the molecule is Cc1ccc(F)c(C(O)C(CN)c2ccc(Cl)c(Cl)c2)c1. The molecule has 2 rings (SSSR count). The minimum absolute atomic E-state index is 0.159. The normalized spacial score (nSPS) is 14.0. The van der Waals surface area contributed by atoms with Crippen molar-refractivity contribution in [1.29, 1.82) is 0 Å². The molecule has 0 aromatic heterocycles. The number of aryl methyl sites for hydroxylation is 1. The Morgan fingerprint density at radius 1 is 1.14 bits per heavy atom. The van der Waals surface area contributed by atoms with E-state index in [1.807, 2.05) is 6.92 Å².